The molecule has 0 aromatic heterocycles. The molecule has 2 heteroatoms. The molecule has 5 rings (SSSR count). The maximum atomic E-state index is 5.87. The molecule has 2 aromatic carbocycles. The van der Waals surface area contributed by atoms with Crippen molar-refractivity contribution in [3.63, 3.8) is 0 Å². The van der Waals surface area contributed by atoms with Crippen molar-refractivity contribution in [1.82, 2.24) is 0 Å². The second-order valence-corrected chi connectivity index (χ2v) is 11.7. The Morgan fingerprint density at radius 2 is 1.75 bits per heavy atom. The van der Waals surface area contributed by atoms with E-state index in [4.69, 9.17) is 4.74 Å². The minimum absolute atomic E-state index is 0.405. The molecule has 2 unspecified atom stereocenters. The van der Waals surface area contributed by atoms with Crippen LogP contribution < -0.4 is 20.4 Å². The SMILES string of the molecule is COc1ccccc1[Si](C)(C1=C2C=CC=CC2C=C1)C1=c2ccccc2=CC1. The van der Waals surface area contributed by atoms with Gasteiger partial charge < -0.3 is 4.74 Å². The van der Waals surface area contributed by atoms with Crippen LogP contribution >= 0.6 is 0 Å². The fourth-order valence-corrected chi connectivity index (χ4v) is 9.60. The largest absolute Gasteiger partial charge is 0.497 e. The van der Waals surface area contributed by atoms with Gasteiger partial charge in [-0.15, -0.1) is 0 Å². The van der Waals surface area contributed by atoms with E-state index < -0.39 is 8.07 Å². The summed E-state index contributed by atoms with van der Waals surface area (Å²) in [4.78, 5) is 0. The molecule has 0 saturated carbocycles. The van der Waals surface area contributed by atoms with Crippen LogP contribution in [0.2, 0.25) is 6.55 Å². The summed E-state index contributed by atoms with van der Waals surface area (Å²) < 4.78 is 5.87. The van der Waals surface area contributed by atoms with E-state index in [1.165, 1.54) is 26.4 Å². The van der Waals surface area contributed by atoms with Crippen molar-refractivity contribution in [1.29, 1.82) is 0 Å². The van der Waals surface area contributed by atoms with Gasteiger partial charge in [-0.1, -0.05) is 96.7 Å². The Morgan fingerprint density at radius 3 is 2.64 bits per heavy atom. The van der Waals surface area contributed by atoms with Crippen LogP contribution in [0.1, 0.15) is 6.42 Å². The van der Waals surface area contributed by atoms with Crippen molar-refractivity contribution in [2.75, 3.05) is 7.11 Å². The van der Waals surface area contributed by atoms with Crippen LogP contribution in [0.5, 0.6) is 5.75 Å². The Hall–Kier alpha value is -2.84. The van der Waals surface area contributed by atoms with Crippen molar-refractivity contribution in [2.45, 2.75) is 13.0 Å². The van der Waals surface area contributed by atoms with E-state index in [9.17, 15) is 0 Å². The number of hydrogen-bond acceptors (Lipinski definition) is 1. The lowest BCUT2D eigenvalue weighted by atomic mass is 9.98. The third-order valence-electron chi connectivity index (χ3n) is 6.45. The maximum absolute atomic E-state index is 5.87. The Labute approximate surface area is 167 Å². The first-order valence-corrected chi connectivity index (χ1v) is 12.4. The average Bonchev–Trinajstić information content (AvgIpc) is 3.38. The Bertz CT molecular complexity index is 1190. The zero-order valence-corrected chi connectivity index (χ0v) is 17.4. The molecular formula is C26H24OSi. The molecule has 28 heavy (non-hydrogen) atoms. The van der Waals surface area contributed by atoms with E-state index in [-0.39, 0.29) is 0 Å². The first kappa shape index (κ1) is 17.3. The van der Waals surface area contributed by atoms with Crippen molar-refractivity contribution in [2.24, 2.45) is 5.92 Å². The first-order chi connectivity index (χ1) is 13.7. The number of fused-ring (bicyclic) bond motifs is 2. The second kappa shape index (κ2) is 6.64. The van der Waals surface area contributed by atoms with Crippen LogP contribution in [-0.2, 0) is 0 Å². The third kappa shape index (κ3) is 2.45. The van der Waals surface area contributed by atoms with Crippen LogP contribution in [0.15, 0.2) is 95.8 Å². The number of ether oxygens (including phenoxy) is 1. The van der Waals surface area contributed by atoms with Gasteiger partial charge in [-0.25, -0.2) is 0 Å². The smallest absolute Gasteiger partial charge is 0.147 e. The van der Waals surface area contributed by atoms with E-state index in [0.717, 1.165) is 12.2 Å². The first-order valence-electron chi connectivity index (χ1n) is 9.93. The highest BCUT2D eigenvalue weighted by molar-refractivity contribution is 7.10. The van der Waals surface area contributed by atoms with E-state index in [1.54, 1.807) is 12.3 Å². The summed E-state index contributed by atoms with van der Waals surface area (Å²) in [7, 11) is -0.423. The minimum atomic E-state index is -2.22. The van der Waals surface area contributed by atoms with Gasteiger partial charge in [0.1, 0.15) is 13.8 Å². The minimum Gasteiger partial charge on any atom is -0.497 e. The van der Waals surface area contributed by atoms with Gasteiger partial charge >= 0.3 is 0 Å². The molecule has 0 spiro atoms. The molecule has 0 saturated heterocycles. The molecule has 2 aromatic rings. The monoisotopic (exact) mass is 380 g/mol. The molecule has 0 fully saturated rings. The predicted molar refractivity (Wildman–Crippen MR) is 120 cm³/mol. The lowest BCUT2D eigenvalue weighted by molar-refractivity contribution is 0.418. The molecule has 138 valence electrons. The third-order valence-corrected chi connectivity index (χ3v) is 11.1. The van der Waals surface area contributed by atoms with Crippen molar-refractivity contribution in [3.05, 3.63) is 106 Å². The average molecular weight is 381 g/mol. The van der Waals surface area contributed by atoms with Gasteiger partial charge in [0, 0.05) is 5.92 Å². The van der Waals surface area contributed by atoms with Crippen LogP contribution in [0.4, 0.5) is 0 Å². The number of para-hydroxylation sites is 1. The molecule has 0 bridgehead atoms. The number of benzene rings is 2. The summed E-state index contributed by atoms with van der Waals surface area (Å²) in [6.07, 6.45) is 17.1. The van der Waals surface area contributed by atoms with Crippen molar-refractivity contribution >= 4 is 24.5 Å². The second-order valence-electron chi connectivity index (χ2n) is 7.80. The van der Waals surface area contributed by atoms with Crippen molar-refractivity contribution < 1.29 is 4.74 Å². The molecule has 3 aliphatic carbocycles. The maximum Gasteiger partial charge on any atom is 0.147 e. The summed E-state index contributed by atoms with van der Waals surface area (Å²) in [6.45, 7) is 2.51. The zero-order chi connectivity index (χ0) is 19.1. The topological polar surface area (TPSA) is 9.23 Å². The summed E-state index contributed by atoms with van der Waals surface area (Å²) in [5.74, 6) is 1.41. The molecular weight excluding hydrogens is 356 g/mol. The normalized spacial score (nSPS) is 21.4. The van der Waals surface area contributed by atoms with Gasteiger partial charge in [0.25, 0.3) is 0 Å². The van der Waals surface area contributed by atoms with Crippen LogP contribution in [0.25, 0.3) is 11.3 Å². The molecule has 0 N–H and O–H groups in total. The number of hydrogen-bond donors (Lipinski definition) is 0. The van der Waals surface area contributed by atoms with Gasteiger partial charge in [-0.2, -0.15) is 0 Å². The molecule has 0 heterocycles. The number of methoxy groups -OCH3 is 1. The van der Waals surface area contributed by atoms with Gasteiger partial charge in [0.2, 0.25) is 0 Å². The van der Waals surface area contributed by atoms with Crippen LogP contribution in [0, 0.1) is 5.92 Å². The van der Waals surface area contributed by atoms with E-state index in [2.05, 4.69) is 97.6 Å². The van der Waals surface area contributed by atoms with E-state index >= 15 is 0 Å². The highest BCUT2D eigenvalue weighted by atomic mass is 28.3. The standard InChI is InChI=1S/C26H24OSi/c1-27-23-13-7-8-14-26(23)28(2,24-17-15-19-9-3-5-11-21(19)24)25-18-16-20-10-4-6-12-22(20)25/h3-17,19H,18H2,1-2H3. The van der Waals surface area contributed by atoms with Gasteiger partial charge in [-0.05, 0) is 38.9 Å². The highest BCUT2D eigenvalue weighted by Gasteiger charge is 2.43. The Kier molecular flexibility index (Phi) is 4.10. The Balaban J connectivity index is 1.86. The number of allylic oxidation sites excluding steroid dienone is 8. The molecule has 0 aliphatic heterocycles. The number of rotatable bonds is 4. The lowest BCUT2D eigenvalue weighted by Gasteiger charge is -2.33. The Morgan fingerprint density at radius 1 is 0.929 bits per heavy atom. The lowest BCUT2D eigenvalue weighted by Crippen LogP contribution is -2.51. The molecule has 0 radical (unpaired) electrons. The van der Waals surface area contributed by atoms with E-state index in [0.29, 0.717) is 5.92 Å². The quantitative estimate of drug-likeness (QED) is 0.735. The summed E-state index contributed by atoms with van der Waals surface area (Å²) in [5.41, 5.74) is 1.46. The van der Waals surface area contributed by atoms with Crippen LogP contribution in [0.3, 0.4) is 0 Å². The van der Waals surface area contributed by atoms with Crippen molar-refractivity contribution in [3.8, 4) is 5.75 Å². The molecule has 3 aliphatic rings. The summed E-state index contributed by atoms with van der Waals surface area (Å²) in [6, 6.07) is 17.5. The zero-order valence-electron chi connectivity index (χ0n) is 16.4. The molecule has 1 nitrogen and oxygen atoms in total. The van der Waals surface area contributed by atoms with E-state index in [1.807, 2.05) is 0 Å². The van der Waals surface area contributed by atoms with Gasteiger partial charge in [0.05, 0.1) is 7.11 Å². The van der Waals surface area contributed by atoms with Gasteiger partial charge in [0.15, 0.2) is 0 Å². The van der Waals surface area contributed by atoms with Gasteiger partial charge in [-0.3, -0.25) is 0 Å². The molecule has 2 atom stereocenters. The van der Waals surface area contributed by atoms with Crippen LogP contribution in [-0.4, -0.2) is 15.2 Å². The molecule has 0 amide bonds. The predicted octanol–water partition coefficient (Wildman–Crippen LogP) is 3.70. The highest BCUT2D eigenvalue weighted by Crippen LogP contribution is 2.40. The fraction of sp³-hybridized carbons (Fsp3) is 0.154. The fourth-order valence-electron chi connectivity index (χ4n) is 5.02. The summed E-state index contributed by atoms with van der Waals surface area (Å²) in [5, 5.41) is 7.26. The summed E-state index contributed by atoms with van der Waals surface area (Å²) >= 11 is 0.